The number of ether oxygens (including phenoxy) is 3. The molecule has 0 spiro atoms. The summed E-state index contributed by atoms with van der Waals surface area (Å²) < 4.78 is 15.4. The highest BCUT2D eigenvalue weighted by Gasteiger charge is 2.17. The second-order valence-corrected chi connectivity index (χ2v) is 2.51. The Morgan fingerprint density at radius 2 is 1.55 bits per heavy atom. The first-order valence-corrected chi connectivity index (χ1v) is 3.68. The molecule has 0 aliphatic carbocycles. The van der Waals surface area contributed by atoms with Crippen molar-refractivity contribution in [1.29, 1.82) is 0 Å². The molecule has 0 aromatic heterocycles. The average molecular weight is 158 g/mol. The van der Waals surface area contributed by atoms with Crippen LogP contribution in [0.25, 0.3) is 0 Å². The zero-order valence-corrected chi connectivity index (χ0v) is 6.95. The van der Waals surface area contributed by atoms with Crippen molar-refractivity contribution < 1.29 is 14.2 Å². The van der Waals surface area contributed by atoms with Crippen molar-refractivity contribution in [3.05, 3.63) is 12.2 Å². The molecule has 0 aromatic rings. The van der Waals surface area contributed by atoms with Crippen LogP contribution in [0.15, 0.2) is 12.2 Å². The molecule has 11 heavy (non-hydrogen) atoms. The molecule has 1 aliphatic heterocycles. The molecule has 0 saturated heterocycles. The monoisotopic (exact) mass is 158 g/mol. The topological polar surface area (TPSA) is 27.7 Å². The Balaban J connectivity index is 2.19. The van der Waals surface area contributed by atoms with E-state index in [1.165, 1.54) is 0 Å². The summed E-state index contributed by atoms with van der Waals surface area (Å²) >= 11 is 0. The van der Waals surface area contributed by atoms with Crippen molar-refractivity contribution in [2.75, 3.05) is 27.4 Å². The number of methoxy groups -OCH3 is 2. The van der Waals surface area contributed by atoms with Gasteiger partial charge in [0.15, 0.2) is 0 Å². The van der Waals surface area contributed by atoms with E-state index in [0.29, 0.717) is 13.2 Å². The molecule has 3 heteroatoms. The Morgan fingerprint density at radius 3 is 1.91 bits per heavy atom. The van der Waals surface area contributed by atoms with Crippen LogP contribution in [0.3, 0.4) is 0 Å². The van der Waals surface area contributed by atoms with Gasteiger partial charge in [-0.05, 0) is 0 Å². The van der Waals surface area contributed by atoms with Crippen molar-refractivity contribution in [1.82, 2.24) is 0 Å². The zero-order valence-electron chi connectivity index (χ0n) is 6.95. The van der Waals surface area contributed by atoms with Gasteiger partial charge in [0.25, 0.3) is 0 Å². The fourth-order valence-electron chi connectivity index (χ4n) is 1.08. The van der Waals surface area contributed by atoms with E-state index in [2.05, 4.69) is 0 Å². The van der Waals surface area contributed by atoms with Gasteiger partial charge in [-0.2, -0.15) is 0 Å². The van der Waals surface area contributed by atoms with Crippen molar-refractivity contribution in [2.45, 2.75) is 12.2 Å². The first-order chi connectivity index (χ1) is 5.36. The third-order valence-electron chi connectivity index (χ3n) is 1.55. The molecular weight excluding hydrogens is 144 g/mol. The van der Waals surface area contributed by atoms with Crippen LogP contribution < -0.4 is 0 Å². The molecule has 2 unspecified atom stereocenters. The van der Waals surface area contributed by atoms with E-state index < -0.39 is 0 Å². The van der Waals surface area contributed by atoms with Gasteiger partial charge >= 0.3 is 0 Å². The summed E-state index contributed by atoms with van der Waals surface area (Å²) in [5.74, 6) is 0. The smallest absolute Gasteiger partial charge is 0.0999 e. The summed E-state index contributed by atoms with van der Waals surface area (Å²) in [4.78, 5) is 0. The van der Waals surface area contributed by atoms with Gasteiger partial charge in [0, 0.05) is 14.2 Å². The summed E-state index contributed by atoms with van der Waals surface area (Å²) in [6, 6.07) is 0. The van der Waals surface area contributed by atoms with E-state index in [9.17, 15) is 0 Å². The third-order valence-corrected chi connectivity index (χ3v) is 1.55. The van der Waals surface area contributed by atoms with Gasteiger partial charge in [0.1, 0.15) is 0 Å². The van der Waals surface area contributed by atoms with E-state index >= 15 is 0 Å². The van der Waals surface area contributed by atoms with Crippen LogP contribution in [0.4, 0.5) is 0 Å². The van der Waals surface area contributed by atoms with Crippen LogP contribution in [0, 0.1) is 0 Å². The predicted octanol–water partition coefficient (Wildman–Crippen LogP) is 0.603. The van der Waals surface area contributed by atoms with Gasteiger partial charge in [0.05, 0.1) is 25.4 Å². The highest BCUT2D eigenvalue weighted by molar-refractivity contribution is 5.02. The molecule has 64 valence electrons. The summed E-state index contributed by atoms with van der Waals surface area (Å²) in [6.07, 6.45) is 4.24. The average Bonchev–Trinajstić information content (AvgIpc) is 2.38. The molecule has 3 nitrogen and oxygen atoms in total. The molecule has 0 saturated carbocycles. The van der Waals surface area contributed by atoms with E-state index in [-0.39, 0.29) is 12.2 Å². The Bertz CT molecular complexity index is 119. The maximum absolute atomic E-state index is 5.48. The molecule has 0 radical (unpaired) electrons. The minimum atomic E-state index is 0.111. The van der Waals surface area contributed by atoms with Crippen LogP contribution in [-0.2, 0) is 14.2 Å². The summed E-state index contributed by atoms with van der Waals surface area (Å²) in [5, 5.41) is 0. The standard InChI is InChI=1S/C8H14O3/c1-9-5-7-3-4-8(11-7)6-10-2/h3-4,7-8H,5-6H2,1-2H3. The van der Waals surface area contributed by atoms with Crippen LogP contribution in [-0.4, -0.2) is 39.6 Å². The minimum Gasteiger partial charge on any atom is -0.382 e. The van der Waals surface area contributed by atoms with Gasteiger partial charge in [0.2, 0.25) is 0 Å². The first kappa shape index (κ1) is 8.71. The normalized spacial score (nSPS) is 29.6. The minimum absolute atomic E-state index is 0.111. The summed E-state index contributed by atoms with van der Waals surface area (Å²) in [7, 11) is 3.34. The molecule has 0 bridgehead atoms. The van der Waals surface area contributed by atoms with E-state index in [1.807, 2.05) is 12.2 Å². The SMILES string of the molecule is COCC1C=CC(COC)O1. The van der Waals surface area contributed by atoms with Gasteiger partial charge in [-0.15, -0.1) is 0 Å². The zero-order chi connectivity index (χ0) is 8.10. The van der Waals surface area contributed by atoms with Crippen molar-refractivity contribution >= 4 is 0 Å². The number of rotatable bonds is 4. The summed E-state index contributed by atoms with van der Waals surface area (Å²) in [6.45, 7) is 1.24. The van der Waals surface area contributed by atoms with Crippen LogP contribution in [0.2, 0.25) is 0 Å². The highest BCUT2D eigenvalue weighted by Crippen LogP contribution is 2.11. The largest absolute Gasteiger partial charge is 0.382 e. The molecular formula is C8H14O3. The van der Waals surface area contributed by atoms with Gasteiger partial charge in [-0.25, -0.2) is 0 Å². The molecule has 0 amide bonds. The second-order valence-electron chi connectivity index (χ2n) is 2.51. The third kappa shape index (κ3) is 2.61. The Kier molecular flexibility index (Phi) is 3.56. The lowest BCUT2D eigenvalue weighted by atomic mass is 10.3. The fraction of sp³-hybridized carbons (Fsp3) is 0.750. The van der Waals surface area contributed by atoms with Crippen LogP contribution in [0.5, 0.6) is 0 Å². The predicted molar refractivity (Wildman–Crippen MR) is 41.6 cm³/mol. The highest BCUT2D eigenvalue weighted by atomic mass is 16.6. The van der Waals surface area contributed by atoms with Crippen molar-refractivity contribution in [2.24, 2.45) is 0 Å². The summed E-state index contributed by atoms with van der Waals surface area (Å²) in [5.41, 5.74) is 0. The molecule has 0 aromatic carbocycles. The Hall–Kier alpha value is -0.380. The molecule has 2 atom stereocenters. The lowest BCUT2D eigenvalue weighted by molar-refractivity contribution is -0.0178. The Morgan fingerprint density at radius 1 is 1.09 bits per heavy atom. The first-order valence-electron chi connectivity index (χ1n) is 3.68. The second kappa shape index (κ2) is 4.49. The molecule has 0 N–H and O–H groups in total. The van der Waals surface area contributed by atoms with Gasteiger partial charge in [-0.3, -0.25) is 0 Å². The molecule has 1 heterocycles. The van der Waals surface area contributed by atoms with E-state index in [1.54, 1.807) is 14.2 Å². The fourth-order valence-corrected chi connectivity index (χ4v) is 1.08. The van der Waals surface area contributed by atoms with Gasteiger partial charge in [-0.1, -0.05) is 12.2 Å². The maximum atomic E-state index is 5.48. The molecule has 1 aliphatic rings. The number of hydrogen-bond donors (Lipinski definition) is 0. The molecule has 1 rings (SSSR count). The van der Waals surface area contributed by atoms with E-state index in [0.717, 1.165) is 0 Å². The van der Waals surface area contributed by atoms with Crippen LogP contribution >= 0.6 is 0 Å². The van der Waals surface area contributed by atoms with Crippen LogP contribution in [0.1, 0.15) is 0 Å². The lowest BCUT2D eigenvalue weighted by Crippen LogP contribution is -2.20. The van der Waals surface area contributed by atoms with Gasteiger partial charge < -0.3 is 14.2 Å². The van der Waals surface area contributed by atoms with E-state index in [4.69, 9.17) is 14.2 Å². The number of hydrogen-bond acceptors (Lipinski definition) is 3. The maximum Gasteiger partial charge on any atom is 0.0999 e. The van der Waals surface area contributed by atoms with Crippen molar-refractivity contribution in [3.8, 4) is 0 Å². The Labute approximate surface area is 66.9 Å². The van der Waals surface area contributed by atoms with Crippen molar-refractivity contribution in [3.63, 3.8) is 0 Å². The quantitative estimate of drug-likeness (QED) is 0.561. The molecule has 0 fully saturated rings. The lowest BCUT2D eigenvalue weighted by Gasteiger charge is -2.11.